The minimum Gasteiger partial charge on any atom is -0.481 e. The van der Waals surface area contributed by atoms with Crippen LogP contribution in [-0.2, 0) is 14.8 Å². The summed E-state index contributed by atoms with van der Waals surface area (Å²) in [7, 11) is -3.77. The maximum absolute atomic E-state index is 11.9. The lowest BCUT2D eigenvalue weighted by molar-refractivity contribution is -0.147. The zero-order chi connectivity index (χ0) is 14.7. The van der Waals surface area contributed by atoms with Gasteiger partial charge in [0.25, 0.3) is 0 Å². The second-order valence-electron chi connectivity index (χ2n) is 4.27. The number of carboxylic acids is 1. The number of nitrogens with zero attached hydrogens (tertiary/aromatic N) is 1. The van der Waals surface area contributed by atoms with E-state index in [0.29, 0.717) is 6.42 Å². The fourth-order valence-corrected chi connectivity index (χ4v) is 3.52. The summed E-state index contributed by atoms with van der Waals surface area (Å²) >= 11 is 0.847. The Morgan fingerprint density at radius 1 is 1.58 bits per heavy atom. The molecule has 1 aromatic heterocycles. The molecule has 0 bridgehead atoms. The van der Waals surface area contributed by atoms with Crippen LogP contribution in [0.4, 0.5) is 0 Å². The molecular weight excluding hydrogens is 288 g/mol. The zero-order valence-corrected chi connectivity index (χ0v) is 12.1. The molecule has 19 heavy (non-hydrogen) atoms. The first kappa shape index (κ1) is 15.6. The van der Waals surface area contributed by atoms with Crippen molar-refractivity contribution in [3.63, 3.8) is 0 Å². The Balaban J connectivity index is 2.87. The molecule has 1 heterocycles. The SMILES string of the molecule is CCC(C)(CNS(=O)(=O)c1ccc(C#N)s1)C(=O)O. The van der Waals surface area contributed by atoms with Crippen molar-refractivity contribution in [3.8, 4) is 6.07 Å². The molecule has 0 aliphatic heterocycles. The normalized spacial score (nSPS) is 14.6. The summed E-state index contributed by atoms with van der Waals surface area (Å²) < 4.78 is 26.2. The molecule has 0 radical (unpaired) electrons. The van der Waals surface area contributed by atoms with Crippen LogP contribution in [-0.4, -0.2) is 26.0 Å². The van der Waals surface area contributed by atoms with E-state index in [1.54, 1.807) is 6.92 Å². The third-order valence-corrected chi connectivity index (χ3v) is 5.79. The summed E-state index contributed by atoms with van der Waals surface area (Å²) in [4.78, 5) is 11.4. The van der Waals surface area contributed by atoms with E-state index < -0.39 is 21.4 Å². The first-order chi connectivity index (χ1) is 8.75. The fourth-order valence-electron chi connectivity index (χ4n) is 1.20. The quantitative estimate of drug-likeness (QED) is 0.826. The molecule has 1 rings (SSSR count). The van der Waals surface area contributed by atoms with Crippen molar-refractivity contribution >= 4 is 27.3 Å². The van der Waals surface area contributed by atoms with Crippen molar-refractivity contribution in [2.24, 2.45) is 5.41 Å². The Hall–Kier alpha value is -1.43. The molecule has 104 valence electrons. The molecule has 0 aliphatic rings. The van der Waals surface area contributed by atoms with Gasteiger partial charge >= 0.3 is 5.97 Å². The minimum absolute atomic E-state index is 0.00731. The summed E-state index contributed by atoms with van der Waals surface area (Å²) in [5.41, 5.74) is -1.15. The van der Waals surface area contributed by atoms with Crippen molar-refractivity contribution in [1.82, 2.24) is 4.72 Å². The monoisotopic (exact) mass is 302 g/mol. The highest BCUT2D eigenvalue weighted by atomic mass is 32.2. The number of carboxylic acid groups (broad SMARTS) is 1. The smallest absolute Gasteiger partial charge is 0.310 e. The molecule has 0 saturated heterocycles. The predicted molar refractivity (Wildman–Crippen MR) is 70.3 cm³/mol. The summed E-state index contributed by atoms with van der Waals surface area (Å²) in [5, 5.41) is 17.7. The second kappa shape index (κ2) is 5.69. The number of nitriles is 1. The number of aliphatic carboxylic acids is 1. The maximum atomic E-state index is 11.9. The molecule has 0 aliphatic carbocycles. The lowest BCUT2D eigenvalue weighted by atomic mass is 9.88. The molecule has 0 saturated carbocycles. The van der Waals surface area contributed by atoms with Crippen LogP contribution < -0.4 is 4.72 Å². The van der Waals surface area contributed by atoms with Crippen molar-refractivity contribution < 1.29 is 18.3 Å². The standard InChI is InChI=1S/C11H14N2O4S2/c1-3-11(2,10(14)15)7-13-19(16,17)9-5-4-8(6-12)18-9/h4-5,13H,3,7H2,1-2H3,(H,14,15). The number of rotatable bonds is 6. The second-order valence-corrected chi connectivity index (χ2v) is 7.35. The van der Waals surface area contributed by atoms with Gasteiger partial charge in [-0.25, -0.2) is 13.1 Å². The topological polar surface area (TPSA) is 107 Å². The van der Waals surface area contributed by atoms with Crippen molar-refractivity contribution in [2.45, 2.75) is 24.5 Å². The van der Waals surface area contributed by atoms with Crippen molar-refractivity contribution in [2.75, 3.05) is 6.54 Å². The van der Waals surface area contributed by atoms with Gasteiger partial charge in [-0.15, -0.1) is 11.3 Å². The largest absolute Gasteiger partial charge is 0.481 e. The van der Waals surface area contributed by atoms with Crippen molar-refractivity contribution in [3.05, 3.63) is 17.0 Å². The molecule has 1 atom stereocenters. The number of nitrogens with one attached hydrogen (secondary N) is 1. The predicted octanol–water partition coefficient (Wildman–Crippen LogP) is 1.40. The van der Waals surface area contributed by atoms with Crippen LogP contribution in [0.25, 0.3) is 0 Å². The van der Waals surface area contributed by atoms with Gasteiger partial charge in [0.05, 0.1) is 5.41 Å². The Bertz CT molecular complexity index is 615. The molecule has 0 amide bonds. The Labute approximate surface area is 115 Å². The van der Waals surface area contributed by atoms with E-state index in [1.165, 1.54) is 19.1 Å². The van der Waals surface area contributed by atoms with Gasteiger partial charge in [-0.05, 0) is 25.5 Å². The van der Waals surface area contributed by atoms with Gasteiger partial charge in [0.1, 0.15) is 15.2 Å². The number of carbonyl (C=O) groups is 1. The Morgan fingerprint density at radius 2 is 2.21 bits per heavy atom. The third kappa shape index (κ3) is 3.53. The lowest BCUT2D eigenvalue weighted by Gasteiger charge is -2.22. The van der Waals surface area contributed by atoms with Crippen LogP contribution in [0.2, 0.25) is 0 Å². The van der Waals surface area contributed by atoms with E-state index in [9.17, 15) is 13.2 Å². The Morgan fingerprint density at radius 3 is 2.63 bits per heavy atom. The van der Waals surface area contributed by atoms with Gasteiger partial charge in [0.2, 0.25) is 10.0 Å². The Kier molecular flexibility index (Phi) is 4.68. The summed E-state index contributed by atoms with van der Waals surface area (Å²) in [5.74, 6) is -1.05. The maximum Gasteiger partial charge on any atom is 0.310 e. The molecule has 1 aromatic rings. The molecular formula is C11H14N2O4S2. The summed E-state index contributed by atoms with van der Waals surface area (Å²) in [6.45, 7) is 2.97. The molecule has 6 nitrogen and oxygen atoms in total. The van der Waals surface area contributed by atoms with Gasteiger partial charge in [-0.3, -0.25) is 4.79 Å². The first-order valence-corrected chi connectivity index (χ1v) is 7.78. The number of sulfonamides is 1. The number of hydrogen-bond acceptors (Lipinski definition) is 5. The van der Waals surface area contributed by atoms with E-state index in [4.69, 9.17) is 10.4 Å². The van der Waals surface area contributed by atoms with Gasteiger partial charge in [0.15, 0.2) is 0 Å². The van der Waals surface area contributed by atoms with Crippen LogP contribution in [0.5, 0.6) is 0 Å². The van der Waals surface area contributed by atoms with E-state index >= 15 is 0 Å². The summed E-state index contributed by atoms with van der Waals surface area (Å²) in [6.07, 6.45) is 0.304. The van der Waals surface area contributed by atoms with E-state index in [-0.39, 0.29) is 15.6 Å². The molecule has 2 N–H and O–H groups in total. The highest BCUT2D eigenvalue weighted by Crippen LogP contribution is 2.24. The van der Waals surface area contributed by atoms with Gasteiger partial charge in [-0.2, -0.15) is 5.26 Å². The number of hydrogen-bond donors (Lipinski definition) is 2. The third-order valence-electron chi connectivity index (χ3n) is 2.91. The average Bonchev–Trinajstić information content (AvgIpc) is 2.85. The van der Waals surface area contributed by atoms with E-state index in [2.05, 4.69) is 4.72 Å². The van der Waals surface area contributed by atoms with Crippen LogP contribution in [0.15, 0.2) is 16.3 Å². The molecule has 1 unspecified atom stereocenters. The van der Waals surface area contributed by atoms with E-state index in [1.807, 2.05) is 6.07 Å². The molecule has 0 fully saturated rings. The van der Waals surface area contributed by atoms with Gasteiger partial charge < -0.3 is 5.11 Å². The fraction of sp³-hybridized carbons (Fsp3) is 0.455. The average molecular weight is 302 g/mol. The number of thiophene rings is 1. The van der Waals surface area contributed by atoms with E-state index in [0.717, 1.165) is 11.3 Å². The van der Waals surface area contributed by atoms with Crippen LogP contribution in [0.1, 0.15) is 25.1 Å². The minimum atomic E-state index is -3.77. The first-order valence-electron chi connectivity index (χ1n) is 5.48. The van der Waals surface area contributed by atoms with Crippen LogP contribution in [0.3, 0.4) is 0 Å². The highest BCUT2D eigenvalue weighted by Gasteiger charge is 2.33. The lowest BCUT2D eigenvalue weighted by Crippen LogP contribution is -2.40. The van der Waals surface area contributed by atoms with Crippen LogP contribution >= 0.6 is 11.3 Å². The van der Waals surface area contributed by atoms with Gasteiger partial charge in [-0.1, -0.05) is 6.92 Å². The zero-order valence-electron chi connectivity index (χ0n) is 10.5. The summed E-state index contributed by atoms with van der Waals surface area (Å²) in [6, 6.07) is 4.59. The molecule has 0 aromatic carbocycles. The molecule has 0 spiro atoms. The molecule has 8 heteroatoms. The van der Waals surface area contributed by atoms with Crippen molar-refractivity contribution in [1.29, 1.82) is 5.26 Å². The van der Waals surface area contributed by atoms with Gasteiger partial charge in [0, 0.05) is 6.54 Å². The van der Waals surface area contributed by atoms with Crippen LogP contribution in [0, 0.1) is 16.7 Å². The highest BCUT2D eigenvalue weighted by molar-refractivity contribution is 7.91.